The van der Waals surface area contributed by atoms with E-state index in [-0.39, 0.29) is 0 Å². The lowest BCUT2D eigenvalue weighted by molar-refractivity contribution is -0.0508. The molecule has 1 aliphatic rings. The third-order valence-corrected chi connectivity index (χ3v) is 5.39. The number of benzene rings is 2. The highest BCUT2D eigenvalue weighted by molar-refractivity contribution is 8.23. The first-order valence-corrected chi connectivity index (χ1v) is 8.33. The van der Waals surface area contributed by atoms with E-state index >= 15 is 0 Å². The van der Waals surface area contributed by atoms with Gasteiger partial charge in [-0.1, -0.05) is 78.0 Å². The lowest BCUT2D eigenvalue weighted by atomic mass is 10.0. The summed E-state index contributed by atoms with van der Waals surface area (Å²) in [4.78, 5) is 1.88. The fourth-order valence-electron chi connectivity index (χ4n) is 2.38. The molecule has 0 aliphatic carbocycles. The zero-order valence-electron chi connectivity index (χ0n) is 11.2. The molecule has 3 rings (SSSR count). The summed E-state index contributed by atoms with van der Waals surface area (Å²) in [6.45, 7) is 0.564. The molecule has 1 fully saturated rings. The average Bonchev–Trinajstić information content (AvgIpc) is 2.80. The predicted octanol–water partition coefficient (Wildman–Crippen LogP) is 4.02. The van der Waals surface area contributed by atoms with E-state index in [4.69, 9.17) is 23.8 Å². The van der Waals surface area contributed by atoms with E-state index in [1.54, 1.807) is 0 Å². The molecular formula is C16H14ClNOS2. The predicted molar refractivity (Wildman–Crippen MR) is 92.4 cm³/mol. The Morgan fingerprint density at radius 2 is 1.81 bits per heavy atom. The van der Waals surface area contributed by atoms with Crippen LogP contribution in [0.4, 0.5) is 0 Å². The summed E-state index contributed by atoms with van der Waals surface area (Å²) < 4.78 is 0.719. The van der Waals surface area contributed by atoms with Crippen molar-refractivity contribution in [1.82, 2.24) is 4.90 Å². The fraction of sp³-hybridized carbons (Fsp3) is 0.188. The quantitative estimate of drug-likeness (QED) is 0.856. The maximum absolute atomic E-state index is 11.1. The first-order chi connectivity index (χ1) is 10.1. The molecule has 2 nitrogen and oxygen atoms in total. The van der Waals surface area contributed by atoms with Crippen molar-refractivity contribution in [1.29, 1.82) is 0 Å². The van der Waals surface area contributed by atoms with Gasteiger partial charge in [-0.05, 0) is 17.7 Å². The SMILES string of the molecule is OC1(c2ccccc2)CSC(=S)N1Cc1ccc(Cl)cc1. The van der Waals surface area contributed by atoms with Crippen LogP contribution in [0.15, 0.2) is 54.6 Å². The largest absolute Gasteiger partial charge is 0.366 e. The summed E-state index contributed by atoms with van der Waals surface area (Å²) in [5, 5.41) is 11.8. The Balaban J connectivity index is 1.91. The van der Waals surface area contributed by atoms with E-state index in [1.807, 2.05) is 59.5 Å². The van der Waals surface area contributed by atoms with Crippen LogP contribution in [0.2, 0.25) is 5.02 Å². The van der Waals surface area contributed by atoms with Gasteiger partial charge in [-0.15, -0.1) is 0 Å². The van der Waals surface area contributed by atoms with Gasteiger partial charge in [0.1, 0.15) is 4.32 Å². The summed E-state index contributed by atoms with van der Waals surface area (Å²) >= 11 is 12.8. The molecule has 2 aromatic carbocycles. The van der Waals surface area contributed by atoms with Crippen molar-refractivity contribution in [3.8, 4) is 0 Å². The molecule has 1 N–H and O–H groups in total. The van der Waals surface area contributed by atoms with Gasteiger partial charge in [0.2, 0.25) is 0 Å². The molecule has 1 saturated heterocycles. The molecule has 1 atom stereocenters. The summed E-state index contributed by atoms with van der Waals surface area (Å²) in [7, 11) is 0. The van der Waals surface area contributed by atoms with Gasteiger partial charge in [-0.25, -0.2) is 0 Å². The van der Waals surface area contributed by atoms with Gasteiger partial charge >= 0.3 is 0 Å². The van der Waals surface area contributed by atoms with Crippen LogP contribution < -0.4 is 0 Å². The summed E-state index contributed by atoms with van der Waals surface area (Å²) in [6, 6.07) is 17.3. The second-order valence-corrected chi connectivity index (χ2v) is 7.00. The van der Waals surface area contributed by atoms with Crippen molar-refractivity contribution in [2.24, 2.45) is 0 Å². The van der Waals surface area contributed by atoms with Crippen LogP contribution in [0, 0.1) is 0 Å². The molecule has 0 bridgehead atoms. The van der Waals surface area contributed by atoms with Gasteiger partial charge < -0.3 is 10.0 Å². The molecule has 0 amide bonds. The third-order valence-electron chi connectivity index (χ3n) is 3.55. The van der Waals surface area contributed by atoms with Gasteiger partial charge in [-0.2, -0.15) is 0 Å². The zero-order chi connectivity index (χ0) is 14.9. The van der Waals surface area contributed by atoms with E-state index in [0.717, 1.165) is 15.4 Å². The molecule has 5 heteroatoms. The monoisotopic (exact) mass is 335 g/mol. The molecule has 108 valence electrons. The van der Waals surface area contributed by atoms with Gasteiger partial charge in [0.25, 0.3) is 0 Å². The van der Waals surface area contributed by atoms with E-state index in [0.29, 0.717) is 17.3 Å². The number of hydrogen-bond donors (Lipinski definition) is 1. The Bertz CT molecular complexity index is 647. The second kappa shape index (κ2) is 5.97. The van der Waals surface area contributed by atoms with E-state index < -0.39 is 5.72 Å². The Hall–Kier alpha value is -1.07. The summed E-state index contributed by atoms with van der Waals surface area (Å²) in [6.07, 6.45) is 0. The van der Waals surface area contributed by atoms with Crippen molar-refractivity contribution in [3.05, 3.63) is 70.7 Å². The first-order valence-electron chi connectivity index (χ1n) is 6.56. The number of hydrogen-bond acceptors (Lipinski definition) is 3. The lowest BCUT2D eigenvalue weighted by Gasteiger charge is -2.34. The maximum atomic E-state index is 11.1. The van der Waals surface area contributed by atoms with Gasteiger partial charge in [0.05, 0.1) is 5.75 Å². The molecular weight excluding hydrogens is 322 g/mol. The Morgan fingerprint density at radius 3 is 2.48 bits per heavy atom. The fourth-order valence-corrected chi connectivity index (χ4v) is 3.92. The van der Waals surface area contributed by atoms with E-state index in [9.17, 15) is 5.11 Å². The minimum Gasteiger partial charge on any atom is -0.366 e. The number of rotatable bonds is 3. The van der Waals surface area contributed by atoms with E-state index in [2.05, 4.69) is 0 Å². The molecule has 0 radical (unpaired) electrons. The van der Waals surface area contributed by atoms with Crippen LogP contribution in [0.3, 0.4) is 0 Å². The van der Waals surface area contributed by atoms with E-state index in [1.165, 1.54) is 11.8 Å². The number of thiocarbonyl (C=S) groups is 1. The molecule has 21 heavy (non-hydrogen) atoms. The molecule has 1 unspecified atom stereocenters. The summed E-state index contributed by atoms with van der Waals surface area (Å²) in [5.41, 5.74) is 0.882. The molecule has 0 saturated carbocycles. The molecule has 2 aromatic rings. The lowest BCUT2D eigenvalue weighted by Crippen LogP contribution is -2.43. The number of thioether (sulfide) groups is 1. The molecule has 0 aromatic heterocycles. The zero-order valence-corrected chi connectivity index (χ0v) is 13.6. The number of halogens is 1. The van der Waals surface area contributed by atoms with Crippen LogP contribution >= 0.6 is 35.6 Å². The average molecular weight is 336 g/mol. The topological polar surface area (TPSA) is 23.5 Å². The van der Waals surface area contributed by atoms with Crippen molar-refractivity contribution in [2.75, 3.05) is 5.75 Å². The Kier molecular flexibility index (Phi) is 4.22. The molecule has 1 aliphatic heterocycles. The van der Waals surface area contributed by atoms with Crippen molar-refractivity contribution in [3.63, 3.8) is 0 Å². The van der Waals surface area contributed by atoms with Crippen LogP contribution in [-0.2, 0) is 12.3 Å². The van der Waals surface area contributed by atoms with Gasteiger partial charge in [0, 0.05) is 17.1 Å². The Morgan fingerprint density at radius 1 is 1.14 bits per heavy atom. The number of nitrogens with zero attached hydrogens (tertiary/aromatic N) is 1. The van der Waals surface area contributed by atoms with Crippen LogP contribution in [0.25, 0.3) is 0 Å². The van der Waals surface area contributed by atoms with Gasteiger partial charge in [0.15, 0.2) is 5.72 Å². The number of aliphatic hydroxyl groups is 1. The third kappa shape index (κ3) is 2.94. The second-order valence-electron chi connectivity index (χ2n) is 4.95. The standard InChI is InChI=1S/C16H14ClNOS2/c17-14-8-6-12(7-9-14)10-18-15(20)21-11-16(18,19)13-4-2-1-3-5-13/h1-9,19H,10-11H2. The van der Waals surface area contributed by atoms with Crippen molar-refractivity contribution >= 4 is 39.9 Å². The smallest absolute Gasteiger partial charge is 0.175 e. The molecule has 1 heterocycles. The normalized spacial score (nSPS) is 21.8. The van der Waals surface area contributed by atoms with Crippen LogP contribution in [0.1, 0.15) is 11.1 Å². The minimum absolute atomic E-state index is 0.545. The van der Waals surface area contributed by atoms with Crippen molar-refractivity contribution < 1.29 is 5.11 Å². The maximum Gasteiger partial charge on any atom is 0.175 e. The van der Waals surface area contributed by atoms with Crippen molar-refractivity contribution in [2.45, 2.75) is 12.3 Å². The minimum atomic E-state index is -1.05. The first kappa shape index (κ1) is 14.9. The summed E-state index contributed by atoms with van der Waals surface area (Å²) in [5.74, 6) is 0.545. The van der Waals surface area contributed by atoms with Gasteiger partial charge in [-0.3, -0.25) is 0 Å². The highest BCUT2D eigenvalue weighted by atomic mass is 35.5. The van der Waals surface area contributed by atoms with Crippen LogP contribution in [-0.4, -0.2) is 20.1 Å². The Labute approximate surface area is 138 Å². The highest BCUT2D eigenvalue weighted by Gasteiger charge is 2.43. The highest BCUT2D eigenvalue weighted by Crippen LogP contribution is 2.40. The molecule has 0 spiro atoms. The van der Waals surface area contributed by atoms with Crippen LogP contribution in [0.5, 0.6) is 0 Å².